The number of hydrogen-bond acceptors (Lipinski definition) is 5. The number of unbranched alkanes of at least 4 members (excludes halogenated alkanes) is 8. The van der Waals surface area contributed by atoms with E-state index in [1.807, 2.05) is 47.1 Å². The second-order valence-corrected chi connectivity index (χ2v) is 21.5. The summed E-state index contributed by atoms with van der Waals surface area (Å²) in [6.45, 7) is 8.68. The van der Waals surface area contributed by atoms with Gasteiger partial charge in [-0.3, -0.25) is 9.59 Å². The van der Waals surface area contributed by atoms with Gasteiger partial charge in [0.15, 0.2) is 0 Å². The molecule has 11 nitrogen and oxygen atoms in total. The molecule has 4 aromatic carbocycles. The topological polar surface area (TPSA) is 126 Å². The molecular formula is C59H90N6O5+2. The number of nitrogens with one attached hydrogen (secondary N) is 4. The standard InChI is InChI=1S/C31H47N3O3.C28H41N3O2/c1-25(2)24-37-30(35)22-29(23-34(3,4)5)33-31(36)32-21-13-8-6-7-10-14-26-17-19-28(20-18-26)27-15-11-9-12-16-27;1-23(32)21-27(22-31(2,3)4)30-28(33)29-20-12-7-5-6-9-13-24-16-18-26(19-17-24)25-14-10-8-11-15-25/h9,11-12,15-20,25,29H,6-8,10,13-14,21-24H2,1-5H3,(H-,32,33,36);8,10-11,14-19,27H,5-7,9,12-13,20-22H2,1-4H3,(H-,29,30,33)/p+2/t29-;27-/m11/s1. The number of nitrogens with zero attached hydrogens (tertiary/aromatic N) is 2. The van der Waals surface area contributed by atoms with Crippen LogP contribution in [0.4, 0.5) is 9.59 Å². The number of amides is 4. The first kappa shape index (κ1) is 58.8. The van der Waals surface area contributed by atoms with E-state index in [4.69, 9.17) is 4.74 Å². The Bertz CT molecular complexity index is 2060. The molecule has 4 rings (SSSR count). The summed E-state index contributed by atoms with van der Waals surface area (Å²) in [6.07, 6.45) is 14.0. The van der Waals surface area contributed by atoms with Gasteiger partial charge in [-0.1, -0.05) is 162 Å². The molecule has 384 valence electrons. The highest BCUT2D eigenvalue weighted by Gasteiger charge is 2.24. The summed E-state index contributed by atoms with van der Waals surface area (Å²) in [7, 11) is 12.3. The minimum Gasteiger partial charge on any atom is -0.465 e. The third-order valence-corrected chi connectivity index (χ3v) is 11.7. The maximum Gasteiger partial charge on any atom is 0.315 e. The largest absolute Gasteiger partial charge is 0.465 e. The molecule has 0 radical (unpaired) electrons. The normalized spacial score (nSPS) is 12.3. The monoisotopic (exact) mass is 963 g/mol. The smallest absolute Gasteiger partial charge is 0.315 e. The van der Waals surface area contributed by atoms with Crippen LogP contribution < -0.4 is 21.3 Å². The lowest BCUT2D eigenvalue weighted by molar-refractivity contribution is -0.871. The number of ether oxygens (including phenoxy) is 1. The van der Waals surface area contributed by atoms with Crippen LogP contribution in [0.15, 0.2) is 109 Å². The second kappa shape index (κ2) is 32.4. The first-order chi connectivity index (χ1) is 33.3. The summed E-state index contributed by atoms with van der Waals surface area (Å²) >= 11 is 0. The predicted molar refractivity (Wildman–Crippen MR) is 289 cm³/mol. The molecule has 0 aliphatic rings. The van der Waals surface area contributed by atoms with Crippen molar-refractivity contribution < 1.29 is 32.9 Å². The number of urea groups is 2. The van der Waals surface area contributed by atoms with Gasteiger partial charge in [0.2, 0.25) is 0 Å². The van der Waals surface area contributed by atoms with E-state index < -0.39 is 0 Å². The van der Waals surface area contributed by atoms with Gasteiger partial charge in [0, 0.05) is 19.5 Å². The molecule has 4 amide bonds. The minimum absolute atomic E-state index is 0.0980. The van der Waals surface area contributed by atoms with Gasteiger partial charge in [-0.05, 0) is 84.7 Å². The zero-order valence-corrected chi connectivity index (χ0v) is 44.5. The maximum atomic E-state index is 12.4. The zero-order valence-electron chi connectivity index (χ0n) is 44.5. The lowest BCUT2D eigenvalue weighted by Gasteiger charge is -2.29. The summed E-state index contributed by atoms with van der Waals surface area (Å²) < 4.78 is 6.67. The number of carbonyl (C=O) groups is 4. The van der Waals surface area contributed by atoms with Gasteiger partial charge in [-0.15, -0.1) is 0 Å². The van der Waals surface area contributed by atoms with Crippen LogP contribution in [0.3, 0.4) is 0 Å². The molecule has 2 atom stereocenters. The van der Waals surface area contributed by atoms with Gasteiger partial charge in [0.1, 0.15) is 5.78 Å². The fourth-order valence-corrected chi connectivity index (χ4v) is 8.35. The summed E-state index contributed by atoms with van der Waals surface area (Å²) in [6, 6.07) is 37.9. The molecule has 0 saturated carbocycles. The molecule has 0 saturated heterocycles. The Morgan fingerprint density at radius 1 is 0.471 bits per heavy atom. The molecule has 0 aromatic heterocycles. The summed E-state index contributed by atoms with van der Waals surface area (Å²) in [4.78, 5) is 48.3. The Morgan fingerprint density at radius 2 is 0.829 bits per heavy atom. The Kier molecular flexibility index (Phi) is 27.2. The summed E-state index contributed by atoms with van der Waals surface area (Å²) in [5, 5.41) is 11.8. The fourth-order valence-electron chi connectivity index (χ4n) is 8.35. The van der Waals surface area contributed by atoms with E-state index in [-0.39, 0.29) is 42.3 Å². The molecular weight excluding hydrogens is 873 g/mol. The van der Waals surface area contributed by atoms with E-state index in [0.717, 1.165) is 51.5 Å². The molecule has 0 unspecified atom stereocenters. The molecule has 0 fully saturated rings. The van der Waals surface area contributed by atoms with Crippen molar-refractivity contribution in [3.63, 3.8) is 0 Å². The average Bonchev–Trinajstić information content (AvgIpc) is 3.30. The van der Waals surface area contributed by atoms with Crippen molar-refractivity contribution in [1.29, 1.82) is 0 Å². The molecule has 70 heavy (non-hydrogen) atoms. The van der Waals surface area contributed by atoms with Crippen molar-refractivity contribution in [1.82, 2.24) is 21.3 Å². The SMILES string of the molecule is CC(=O)C[C@H](C[N+](C)(C)C)NC(=O)NCCCCCCCc1ccc(-c2ccccc2)cc1.CC(C)COC(=O)C[C@H](C[N+](C)(C)C)NC(=O)NCCCCCCCc1ccc(-c2ccccc2)cc1. The minimum atomic E-state index is -0.264. The zero-order chi connectivity index (χ0) is 51.2. The van der Waals surface area contributed by atoms with E-state index in [2.05, 4.69) is 139 Å². The highest BCUT2D eigenvalue weighted by molar-refractivity contribution is 5.79. The number of quaternary nitrogens is 2. The van der Waals surface area contributed by atoms with Crippen LogP contribution in [-0.4, -0.2) is 120 Å². The Balaban J connectivity index is 0.000000373. The van der Waals surface area contributed by atoms with Crippen LogP contribution in [0, 0.1) is 5.92 Å². The lowest BCUT2D eigenvalue weighted by Crippen LogP contribution is -2.52. The van der Waals surface area contributed by atoms with Crippen molar-refractivity contribution in [3.8, 4) is 22.3 Å². The quantitative estimate of drug-likeness (QED) is 0.0235. The van der Waals surface area contributed by atoms with Crippen LogP contribution >= 0.6 is 0 Å². The number of aryl methyl sites for hydroxylation is 2. The number of esters is 1. The van der Waals surface area contributed by atoms with E-state index in [9.17, 15) is 19.2 Å². The first-order valence-corrected chi connectivity index (χ1v) is 26.0. The van der Waals surface area contributed by atoms with Crippen LogP contribution in [0.5, 0.6) is 0 Å². The van der Waals surface area contributed by atoms with E-state index in [1.165, 1.54) is 65.5 Å². The second-order valence-electron chi connectivity index (χ2n) is 21.5. The summed E-state index contributed by atoms with van der Waals surface area (Å²) in [5.41, 5.74) is 7.81. The number of Topliss-reactive ketones (excluding diaryl/α,β-unsaturated/α-hetero) is 1. The molecule has 0 heterocycles. The maximum absolute atomic E-state index is 12.4. The molecule has 4 aromatic rings. The number of likely N-dealkylation sites (N-methyl/N-ethyl adjacent to an activating group) is 2. The van der Waals surface area contributed by atoms with Gasteiger partial charge in [-0.2, -0.15) is 0 Å². The van der Waals surface area contributed by atoms with Crippen molar-refractivity contribution in [2.45, 2.75) is 123 Å². The van der Waals surface area contributed by atoms with Gasteiger partial charge in [0.05, 0.1) is 80.5 Å². The van der Waals surface area contributed by atoms with Crippen molar-refractivity contribution >= 4 is 23.8 Å². The highest BCUT2D eigenvalue weighted by atomic mass is 16.5. The fraction of sp³-hybridized carbons (Fsp3) is 0.525. The van der Waals surface area contributed by atoms with Crippen LogP contribution in [-0.2, 0) is 27.2 Å². The number of carbonyl (C=O) groups excluding carboxylic acids is 4. The van der Waals surface area contributed by atoms with Gasteiger partial charge < -0.3 is 35.0 Å². The van der Waals surface area contributed by atoms with Crippen LogP contribution in [0.2, 0.25) is 0 Å². The van der Waals surface area contributed by atoms with Crippen molar-refractivity contribution in [2.75, 3.05) is 75.1 Å². The molecule has 4 N–H and O–H groups in total. The predicted octanol–water partition coefficient (Wildman–Crippen LogP) is 11.0. The molecule has 11 heteroatoms. The highest BCUT2D eigenvalue weighted by Crippen LogP contribution is 2.22. The Labute approximate surface area is 422 Å². The average molecular weight is 963 g/mol. The van der Waals surface area contributed by atoms with Crippen molar-refractivity contribution in [3.05, 3.63) is 120 Å². The first-order valence-electron chi connectivity index (χ1n) is 26.0. The number of ketones is 1. The molecule has 0 aliphatic carbocycles. The molecule has 0 spiro atoms. The number of rotatable bonds is 30. The Morgan fingerprint density at radius 3 is 1.20 bits per heavy atom. The molecule has 0 bridgehead atoms. The lowest BCUT2D eigenvalue weighted by atomic mass is 10.0. The number of hydrogen-bond donors (Lipinski definition) is 4. The van der Waals surface area contributed by atoms with Crippen LogP contribution in [0.1, 0.15) is 109 Å². The molecule has 0 aliphatic heterocycles. The third kappa shape index (κ3) is 28.2. The third-order valence-electron chi connectivity index (χ3n) is 11.7. The van der Waals surface area contributed by atoms with E-state index >= 15 is 0 Å². The Hall–Kier alpha value is -5.52. The van der Waals surface area contributed by atoms with Crippen LogP contribution in [0.25, 0.3) is 22.3 Å². The van der Waals surface area contributed by atoms with E-state index in [0.29, 0.717) is 47.5 Å². The van der Waals surface area contributed by atoms with Gasteiger partial charge in [-0.25, -0.2) is 9.59 Å². The van der Waals surface area contributed by atoms with E-state index in [1.54, 1.807) is 6.92 Å². The number of benzene rings is 4. The van der Waals surface area contributed by atoms with Gasteiger partial charge in [0.25, 0.3) is 0 Å². The summed E-state index contributed by atoms with van der Waals surface area (Å²) in [5.74, 6) is 0.129. The van der Waals surface area contributed by atoms with Gasteiger partial charge >= 0.3 is 18.0 Å². The van der Waals surface area contributed by atoms with Crippen molar-refractivity contribution in [2.24, 2.45) is 5.92 Å².